The molecule has 0 saturated heterocycles. The van der Waals surface area contributed by atoms with Crippen LogP contribution in [0.15, 0.2) is 48.5 Å². The molecule has 3 N–H and O–H groups in total. The van der Waals surface area contributed by atoms with Crippen molar-refractivity contribution in [2.75, 3.05) is 13.2 Å². The van der Waals surface area contributed by atoms with Gasteiger partial charge in [-0.25, -0.2) is 9.59 Å². The highest BCUT2D eigenvalue weighted by Gasteiger charge is 2.13. The van der Waals surface area contributed by atoms with Crippen LogP contribution in [0.25, 0.3) is 0 Å². The zero-order chi connectivity index (χ0) is 21.2. The number of ether oxygens (including phenoxy) is 2. The van der Waals surface area contributed by atoms with Crippen LogP contribution in [0.2, 0.25) is 0 Å². The fourth-order valence-corrected chi connectivity index (χ4v) is 2.57. The van der Waals surface area contributed by atoms with Gasteiger partial charge in [-0.3, -0.25) is 4.79 Å². The minimum Gasteiger partial charge on any atom is -0.493 e. The number of rotatable bonds is 12. The third kappa shape index (κ3) is 7.53. The number of benzene rings is 2. The number of carboxylic acids is 3. The highest BCUT2D eigenvalue weighted by molar-refractivity contribution is 5.88. The van der Waals surface area contributed by atoms with Crippen LogP contribution in [-0.2, 0) is 4.79 Å². The maximum Gasteiger partial charge on any atom is 0.335 e. The van der Waals surface area contributed by atoms with Crippen molar-refractivity contribution >= 4 is 17.9 Å². The van der Waals surface area contributed by atoms with E-state index in [1.165, 1.54) is 24.3 Å². The predicted molar refractivity (Wildman–Crippen MR) is 103 cm³/mol. The standard InChI is InChI=1S/C21H22O8/c22-19(23)3-1-2-14(12-28-17-8-4-15(5-9-17)20(24)25)13-29-18-10-6-16(7-11-18)21(26)27/h4-11,14H,1-3,12-13H2,(H,22,23)(H,24,25)(H,26,27). The van der Waals surface area contributed by atoms with Crippen molar-refractivity contribution in [3.05, 3.63) is 59.7 Å². The fourth-order valence-electron chi connectivity index (χ4n) is 2.57. The van der Waals surface area contributed by atoms with Crippen molar-refractivity contribution in [2.45, 2.75) is 19.3 Å². The van der Waals surface area contributed by atoms with Crippen LogP contribution in [-0.4, -0.2) is 46.4 Å². The molecule has 0 aliphatic carbocycles. The largest absolute Gasteiger partial charge is 0.493 e. The molecule has 0 amide bonds. The van der Waals surface area contributed by atoms with Crippen LogP contribution in [0.1, 0.15) is 40.0 Å². The van der Waals surface area contributed by atoms with Gasteiger partial charge in [0, 0.05) is 12.3 Å². The average molecular weight is 402 g/mol. The summed E-state index contributed by atoms with van der Waals surface area (Å²) in [6.07, 6.45) is 1.06. The highest BCUT2D eigenvalue weighted by atomic mass is 16.5. The summed E-state index contributed by atoms with van der Waals surface area (Å²) < 4.78 is 11.4. The Morgan fingerprint density at radius 2 is 1.14 bits per heavy atom. The van der Waals surface area contributed by atoms with Crippen LogP contribution in [0.3, 0.4) is 0 Å². The molecule has 0 unspecified atom stereocenters. The molecule has 0 heterocycles. The van der Waals surface area contributed by atoms with E-state index in [1.54, 1.807) is 24.3 Å². The number of aromatic carboxylic acids is 2. The first-order valence-electron chi connectivity index (χ1n) is 8.99. The van der Waals surface area contributed by atoms with Gasteiger partial charge in [-0.1, -0.05) is 0 Å². The molecule has 2 aromatic rings. The summed E-state index contributed by atoms with van der Waals surface area (Å²) in [6.45, 7) is 0.526. The van der Waals surface area contributed by atoms with E-state index in [2.05, 4.69) is 0 Å². The van der Waals surface area contributed by atoms with Crippen molar-refractivity contribution in [3.8, 4) is 11.5 Å². The lowest BCUT2D eigenvalue weighted by Crippen LogP contribution is -2.20. The third-order valence-electron chi connectivity index (χ3n) is 4.18. The summed E-state index contributed by atoms with van der Waals surface area (Å²) in [5.41, 5.74) is 0.312. The van der Waals surface area contributed by atoms with Gasteiger partial charge in [0.1, 0.15) is 11.5 Å². The molecule has 8 heteroatoms. The lowest BCUT2D eigenvalue weighted by atomic mass is 10.0. The molecule has 2 rings (SSSR count). The Kier molecular flexibility index (Phi) is 8.02. The predicted octanol–water partition coefficient (Wildman–Crippen LogP) is 3.41. The van der Waals surface area contributed by atoms with Crippen LogP contribution in [0.4, 0.5) is 0 Å². The highest BCUT2D eigenvalue weighted by Crippen LogP contribution is 2.18. The monoisotopic (exact) mass is 402 g/mol. The Morgan fingerprint density at radius 3 is 1.48 bits per heavy atom. The van der Waals surface area contributed by atoms with Crippen molar-refractivity contribution in [2.24, 2.45) is 5.92 Å². The van der Waals surface area contributed by atoms with E-state index in [1.807, 2.05) is 0 Å². The van der Waals surface area contributed by atoms with Gasteiger partial charge >= 0.3 is 17.9 Å². The number of aliphatic carboxylic acids is 1. The summed E-state index contributed by atoms with van der Waals surface area (Å²) in [5, 5.41) is 26.7. The molecule has 8 nitrogen and oxygen atoms in total. The Bertz CT molecular complexity index is 765. The fraction of sp³-hybridized carbons (Fsp3) is 0.286. The first kappa shape index (κ1) is 21.7. The Morgan fingerprint density at radius 1 is 0.724 bits per heavy atom. The summed E-state index contributed by atoms with van der Waals surface area (Å²) >= 11 is 0. The Balaban J connectivity index is 1.93. The third-order valence-corrected chi connectivity index (χ3v) is 4.18. The van der Waals surface area contributed by atoms with E-state index in [0.29, 0.717) is 24.3 Å². The maximum atomic E-state index is 10.9. The van der Waals surface area contributed by atoms with Crippen LogP contribution in [0.5, 0.6) is 11.5 Å². The number of carboxylic acid groups (broad SMARTS) is 3. The molecule has 0 spiro atoms. The number of carbonyl (C=O) groups is 3. The topological polar surface area (TPSA) is 130 Å². The molecular weight excluding hydrogens is 380 g/mol. The number of hydrogen-bond acceptors (Lipinski definition) is 5. The molecule has 0 aliphatic rings. The van der Waals surface area contributed by atoms with Gasteiger partial charge < -0.3 is 24.8 Å². The van der Waals surface area contributed by atoms with E-state index in [9.17, 15) is 14.4 Å². The minimum absolute atomic E-state index is 0.0388. The van der Waals surface area contributed by atoms with Crippen molar-refractivity contribution in [1.29, 1.82) is 0 Å². The zero-order valence-corrected chi connectivity index (χ0v) is 15.6. The summed E-state index contributed by atoms with van der Waals surface area (Å²) in [7, 11) is 0. The molecule has 0 radical (unpaired) electrons. The van der Waals surface area contributed by atoms with Gasteiger partial charge in [0.2, 0.25) is 0 Å². The van der Waals surface area contributed by atoms with Crippen molar-refractivity contribution < 1.29 is 39.2 Å². The second-order valence-electron chi connectivity index (χ2n) is 6.43. The van der Waals surface area contributed by atoms with Crippen molar-refractivity contribution in [3.63, 3.8) is 0 Å². The second-order valence-corrected chi connectivity index (χ2v) is 6.43. The van der Waals surface area contributed by atoms with Crippen LogP contribution >= 0.6 is 0 Å². The Hall–Kier alpha value is -3.55. The van der Waals surface area contributed by atoms with E-state index in [-0.39, 0.29) is 36.7 Å². The lowest BCUT2D eigenvalue weighted by Gasteiger charge is -2.18. The zero-order valence-electron chi connectivity index (χ0n) is 15.6. The lowest BCUT2D eigenvalue weighted by molar-refractivity contribution is -0.137. The van der Waals surface area contributed by atoms with Gasteiger partial charge in [0.25, 0.3) is 0 Å². The average Bonchev–Trinajstić information content (AvgIpc) is 2.70. The van der Waals surface area contributed by atoms with Crippen LogP contribution < -0.4 is 9.47 Å². The first-order valence-corrected chi connectivity index (χ1v) is 8.99. The summed E-state index contributed by atoms with van der Waals surface area (Å²) in [4.78, 5) is 32.5. The molecule has 0 aromatic heterocycles. The van der Waals surface area contributed by atoms with E-state index in [0.717, 1.165) is 0 Å². The maximum absolute atomic E-state index is 10.9. The second kappa shape index (κ2) is 10.7. The summed E-state index contributed by atoms with van der Waals surface area (Å²) in [6, 6.07) is 12.0. The molecule has 0 fully saturated rings. The molecule has 154 valence electrons. The van der Waals surface area contributed by atoms with Gasteiger partial charge in [0.15, 0.2) is 0 Å². The van der Waals surface area contributed by atoms with Gasteiger partial charge in [-0.15, -0.1) is 0 Å². The molecular formula is C21H22O8. The quantitative estimate of drug-likeness (QED) is 0.492. The molecule has 29 heavy (non-hydrogen) atoms. The van der Waals surface area contributed by atoms with Crippen molar-refractivity contribution in [1.82, 2.24) is 0 Å². The van der Waals surface area contributed by atoms with E-state index < -0.39 is 17.9 Å². The number of hydrogen-bond donors (Lipinski definition) is 3. The van der Waals surface area contributed by atoms with E-state index >= 15 is 0 Å². The smallest absolute Gasteiger partial charge is 0.335 e. The SMILES string of the molecule is O=C(O)CCCC(COc1ccc(C(=O)O)cc1)COc1ccc(C(=O)O)cc1. The van der Waals surface area contributed by atoms with Gasteiger partial charge in [-0.05, 0) is 61.4 Å². The summed E-state index contributed by atoms with van der Waals surface area (Å²) in [5.74, 6) is -2.02. The Labute approximate surface area is 167 Å². The van der Waals surface area contributed by atoms with Crippen LogP contribution in [0, 0.1) is 5.92 Å². The molecule has 0 saturated carbocycles. The van der Waals surface area contributed by atoms with Gasteiger partial charge in [0.05, 0.1) is 24.3 Å². The molecule has 2 aromatic carbocycles. The first-order chi connectivity index (χ1) is 13.8. The van der Waals surface area contributed by atoms with Gasteiger partial charge in [-0.2, -0.15) is 0 Å². The normalized spacial score (nSPS) is 10.5. The molecule has 0 bridgehead atoms. The van der Waals surface area contributed by atoms with E-state index in [4.69, 9.17) is 24.8 Å². The minimum atomic E-state index is -1.02. The molecule has 0 aliphatic heterocycles. The molecule has 0 atom stereocenters.